The van der Waals surface area contributed by atoms with E-state index < -0.39 is 0 Å². The number of hydrogen-bond donors (Lipinski definition) is 1. The quantitative estimate of drug-likeness (QED) is 0.202. The van der Waals surface area contributed by atoms with Crippen LogP contribution < -0.4 is 5.32 Å². The van der Waals surface area contributed by atoms with Gasteiger partial charge in [0.1, 0.15) is 5.00 Å². The number of rotatable bonds is 8. The molecule has 1 unspecified atom stereocenters. The van der Waals surface area contributed by atoms with Crippen LogP contribution in [0.5, 0.6) is 0 Å². The van der Waals surface area contributed by atoms with Crippen LogP contribution in [0.1, 0.15) is 78.1 Å². The van der Waals surface area contributed by atoms with E-state index in [0.29, 0.717) is 60.9 Å². The molecule has 8 heteroatoms. The predicted molar refractivity (Wildman–Crippen MR) is 170 cm³/mol. The number of aromatic nitrogens is 1. The Labute approximate surface area is 255 Å². The summed E-state index contributed by atoms with van der Waals surface area (Å²) in [6.07, 6.45) is 4.51. The lowest BCUT2D eigenvalue weighted by molar-refractivity contribution is 0.0505. The van der Waals surface area contributed by atoms with Gasteiger partial charge in [0.25, 0.3) is 5.91 Å². The minimum absolute atomic E-state index is 0.198. The Morgan fingerprint density at radius 2 is 1.90 bits per heavy atom. The second-order valence-corrected chi connectivity index (χ2v) is 13.2. The summed E-state index contributed by atoms with van der Waals surface area (Å²) < 4.78 is 5.60. The Hall–Kier alpha value is -2.93. The number of anilines is 1. The van der Waals surface area contributed by atoms with E-state index in [1.807, 2.05) is 31.2 Å². The number of pyridine rings is 1. The standard InChI is InChI=1S/C33H34Cl2N2O3S/c1-5-15-40-32(39)29-23-13-11-19(33(3,4)6-2)16-28(23)41-31(29)37-30(38)24-18-27(22-14-12-20(34)17-25(22)35)36-26-10-8-7-9-21(24)26/h7-10,12,14,17-19H,5-6,11,13,15-16H2,1-4H3,(H,37,38). The van der Waals surface area contributed by atoms with Gasteiger partial charge in [-0.15, -0.1) is 11.3 Å². The number of esters is 1. The first-order chi connectivity index (χ1) is 19.6. The van der Waals surface area contributed by atoms with Crippen molar-refractivity contribution >= 4 is 62.3 Å². The van der Waals surface area contributed by atoms with E-state index in [2.05, 4.69) is 26.1 Å². The van der Waals surface area contributed by atoms with E-state index in [4.69, 9.17) is 32.9 Å². The number of thiophene rings is 1. The maximum absolute atomic E-state index is 14.0. The van der Waals surface area contributed by atoms with Gasteiger partial charge in [-0.25, -0.2) is 9.78 Å². The molecule has 0 bridgehead atoms. The molecule has 41 heavy (non-hydrogen) atoms. The zero-order valence-electron chi connectivity index (χ0n) is 23.8. The number of amides is 1. The predicted octanol–water partition coefficient (Wildman–Crippen LogP) is 9.63. The van der Waals surface area contributed by atoms with Crippen molar-refractivity contribution in [3.05, 3.63) is 80.1 Å². The van der Waals surface area contributed by atoms with Gasteiger partial charge in [0.05, 0.1) is 34.0 Å². The van der Waals surface area contributed by atoms with Crippen LogP contribution in [0, 0.1) is 11.3 Å². The van der Waals surface area contributed by atoms with Crippen molar-refractivity contribution in [1.82, 2.24) is 4.98 Å². The maximum atomic E-state index is 14.0. The molecule has 2 aromatic heterocycles. The number of ether oxygens (including phenoxy) is 1. The Kier molecular flexibility index (Phi) is 8.74. The van der Waals surface area contributed by atoms with Gasteiger partial charge in [-0.05, 0) is 72.9 Å². The van der Waals surface area contributed by atoms with E-state index in [-0.39, 0.29) is 17.3 Å². The molecule has 0 saturated heterocycles. The molecule has 0 spiro atoms. The molecule has 1 aliphatic carbocycles. The average molecular weight is 610 g/mol. The van der Waals surface area contributed by atoms with Crippen molar-refractivity contribution in [3.63, 3.8) is 0 Å². The van der Waals surface area contributed by atoms with E-state index >= 15 is 0 Å². The first-order valence-corrected chi connectivity index (χ1v) is 15.7. The van der Waals surface area contributed by atoms with Gasteiger partial charge in [0.2, 0.25) is 0 Å². The van der Waals surface area contributed by atoms with E-state index in [9.17, 15) is 9.59 Å². The van der Waals surface area contributed by atoms with Crippen molar-refractivity contribution < 1.29 is 14.3 Å². The first-order valence-electron chi connectivity index (χ1n) is 14.1. The highest BCUT2D eigenvalue weighted by Gasteiger charge is 2.36. The van der Waals surface area contributed by atoms with Crippen LogP contribution in [0.2, 0.25) is 10.0 Å². The molecule has 0 aliphatic heterocycles. The molecule has 1 aliphatic rings. The topological polar surface area (TPSA) is 68.3 Å². The number of carbonyl (C=O) groups excluding carboxylic acids is 2. The van der Waals surface area contributed by atoms with Crippen LogP contribution in [-0.2, 0) is 17.6 Å². The van der Waals surface area contributed by atoms with Gasteiger partial charge in [0, 0.05) is 20.8 Å². The van der Waals surface area contributed by atoms with Crippen LogP contribution in [-0.4, -0.2) is 23.5 Å². The number of para-hydroxylation sites is 1. The van der Waals surface area contributed by atoms with Gasteiger partial charge >= 0.3 is 5.97 Å². The fourth-order valence-electron chi connectivity index (χ4n) is 5.48. The van der Waals surface area contributed by atoms with E-state index in [1.165, 1.54) is 11.3 Å². The van der Waals surface area contributed by atoms with Crippen molar-refractivity contribution in [2.75, 3.05) is 11.9 Å². The Bertz CT molecular complexity index is 1630. The molecular formula is C33H34Cl2N2O3S. The van der Waals surface area contributed by atoms with Crippen molar-refractivity contribution in [2.24, 2.45) is 11.3 Å². The number of benzene rings is 2. The second kappa shape index (κ2) is 12.1. The summed E-state index contributed by atoms with van der Waals surface area (Å²) in [5.41, 5.74) is 4.06. The highest BCUT2D eigenvalue weighted by molar-refractivity contribution is 7.17. The number of nitrogens with zero attached hydrogens (tertiary/aromatic N) is 1. The van der Waals surface area contributed by atoms with E-state index in [1.54, 1.807) is 24.3 Å². The maximum Gasteiger partial charge on any atom is 0.341 e. The van der Waals surface area contributed by atoms with Crippen LogP contribution in [0.4, 0.5) is 5.00 Å². The smallest absolute Gasteiger partial charge is 0.341 e. The number of hydrogen-bond acceptors (Lipinski definition) is 5. The molecule has 0 radical (unpaired) electrons. The SMILES string of the molecule is CCCOC(=O)c1c(NC(=O)c2cc(-c3ccc(Cl)cc3Cl)nc3ccccc23)sc2c1CCC(C(C)(C)CC)C2. The fourth-order valence-corrected chi connectivity index (χ4v) is 7.30. The molecule has 5 rings (SSSR count). The number of nitrogens with one attached hydrogen (secondary N) is 1. The Balaban J connectivity index is 1.56. The lowest BCUT2D eigenvalue weighted by atomic mass is 9.69. The first kappa shape index (κ1) is 29.6. The summed E-state index contributed by atoms with van der Waals surface area (Å²) in [5.74, 6) is -0.179. The molecular weight excluding hydrogens is 575 g/mol. The van der Waals surface area contributed by atoms with Crippen LogP contribution in [0.25, 0.3) is 22.2 Å². The highest BCUT2D eigenvalue weighted by atomic mass is 35.5. The summed E-state index contributed by atoms with van der Waals surface area (Å²) in [6, 6.07) is 14.5. The zero-order chi connectivity index (χ0) is 29.3. The van der Waals surface area contributed by atoms with E-state index in [0.717, 1.165) is 42.5 Å². The van der Waals surface area contributed by atoms with Crippen LogP contribution in [0.15, 0.2) is 48.5 Å². The molecule has 1 amide bonds. The summed E-state index contributed by atoms with van der Waals surface area (Å²) in [6.45, 7) is 9.16. The van der Waals surface area contributed by atoms with Crippen molar-refractivity contribution in [1.29, 1.82) is 0 Å². The van der Waals surface area contributed by atoms with Gasteiger partial charge in [-0.3, -0.25) is 4.79 Å². The van der Waals surface area contributed by atoms with Crippen LogP contribution in [0.3, 0.4) is 0 Å². The lowest BCUT2D eigenvalue weighted by Crippen LogP contribution is -2.28. The monoisotopic (exact) mass is 608 g/mol. The summed E-state index contributed by atoms with van der Waals surface area (Å²) in [5, 5.41) is 5.32. The Morgan fingerprint density at radius 3 is 2.63 bits per heavy atom. The van der Waals surface area contributed by atoms with Gasteiger partial charge in [0.15, 0.2) is 0 Å². The molecule has 1 N–H and O–H groups in total. The molecule has 0 saturated carbocycles. The zero-order valence-corrected chi connectivity index (χ0v) is 26.1. The molecule has 5 nitrogen and oxygen atoms in total. The molecule has 4 aromatic rings. The molecule has 2 aromatic carbocycles. The molecule has 214 valence electrons. The average Bonchev–Trinajstić information content (AvgIpc) is 3.32. The van der Waals surface area contributed by atoms with Gasteiger partial charge in [-0.2, -0.15) is 0 Å². The minimum Gasteiger partial charge on any atom is -0.462 e. The summed E-state index contributed by atoms with van der Waals surface area (Å²) in [7, 11) is 0. The van der Waals surface area contributed by atoms with Crippen LogP contribution >= 0.6 is 34.5 Å². The summed E-state index contributed by atoms with van der Waals surface area (Å²) in [4.78, 5) is 33.2. The summed E-state index contributed by atoms with van der Waals surface area (Å²) >= 11 is 14.1. The highest BCUT2D eigenvalue weighted by Crippen LogP contribution is 2.46. The number of fused-ring (bicyclic) bond motifs is 2. The fraction of sp³-hybridized carbons (Fsp3) is 0.364. The normalized spacial score (nSPS) is 15.0. The van der Waals surface area contributed by atoms with Gasteiger partial charge in [-0.1, -0.05) is 75.5 Å². The Morgan fingerprint density at radius 1 is 1.12 bits per heavy atom. The third kappa shape index (κ3) is 6.01. The molecule has 1 atom stereocenters. The number of halogens is 2. The molecule has 0 fully saturated rings. The van der Waals surface area contributed by atoms with Gasteiger partial charge < -0.3 is 10.1 Å². The second-order valence-electron chi connectivity index (χ2n) is 11.3. The van der Waals surface area contributed by atoms with Crippen molar-refractivity contribution in [2.45, 2.75) is 59.8 Å². The third-order valence-corrected chi connectivity index (χ3v) is 10.0. The minimum atomic E-state index is -0.374. The van der Waals surface area contributed by atoms with Crippen molar-refractivity contribution in [3.8, 4) is 11.3 Å². The largest absolute Gasteiger partial charge is 0.462 e. The number of carbonyl (C=O) groups is 2. The lowest BCUT2D eigenvalue weighted by Gasteiger charge is -2.36. The molecule has 2 heterocycles. The third-order valence-electron chi connectivity index (χ3n) is 8.32.